The first-order valence-corrected chi connectivity index (χ1v) is 8.20. The first-order chi connectivity index (χ1) is 11.1. The Morgan fingerprint density at radius 3 is 2.57 bits per heavy atom. The van der Waals surface area contributed by atoms with E-state index in [0.29, 0.717) is 18.2 Å². The zero-order chi connectivity index (χ0) is 16.7. The van der Waals surface area contributed by atoms with Crippen molar-refractivity contribution in [3.63, 3.8) is 0 Å². The molecule has 0 aliphatic carbocycles. The van der Waals surface area contributed by atoms with Crippen LogP contribution in [0.1, 0.15) is 18.5 Å². The number of benzene rings is 1. The van der Waals surface area contributed by atoms with E-state index in [4.69, 9.17) is 17.0 Å². The fourth-order valence-corrected chi connectivity index (χ4v) is 2.67. The van der Waals surface area contributed by atoms with E-state index in [1.54, 1.807) is 0 Å². The van der Waals surface area contributed by atoms with E-state index < -0.39 is 0 Å². The summed E-state index contributed by atoms with van der Waals surface area (Å²) in [5, 5.41) is 6.98. The average molecular weight is 337 g/mol. The Morgan fingerprint density at radius 2 is 1.96 bits per heavy atom. The number of hydrogen-bond donors (Lipinski definition) is 2. The van der Waals surface area contributed by atoms with E-state index >= 15 is 0 Å². The minimum atomic E-state index is -0.221. The fourth-order valence-electron chi connectivity index (χ4n) is 2.51. The van der Waals surface area contributed by atoms with Gasteiger partial charge < -0.3 is 15.4 Å². The topological polar surface area (TPSA) is 36.5 Å². The summed E-state index contributed by atoms with van der Waals surface area (Å²) in [4.78, 5) is 2.34. The minimum Gasteiger partial charge on any atom is -0.379 e. The Bertz CT molecular complexity index is 529. The number of nitrogens with zero attached hydrogens (tertiary/aromatic N) is 1. The lowest BCUT2D eigenvalue weighted by Crippen LogP contribution is -2.45. The number of halogens is 1. The predicted octanol–water partition coefficient (Wildman–Crippen LogP) is 2.24. The monoisotopic (exact) mass is 337 g/mol. The van der Waals surface area contributed by atoms with Crippen molar-refractivity contribution in [2.75, 3.05) is 39.4 Å². The molecule has 1 aliphatic heterocycles. The number of rotatable bonds is 6. The Labute approximate surface area is 142 Å². The van der Waals surface area contributed by atoms with Gasteiger partial charge in [-0.3, -0.25) is 4.90 Å². The maximum atomic E-state index is 13.2. The molecule has 23 heavy (non-hydrogen) atoms. The van der Waals surface area contributed by atoms with Crippen LogP contribution in [-0.2, 0) is 4.74 Å². The van der Waals surface area contributed by atoms with Crippen LogP contribution in [0.15, 0.2) is 36.4 Å². The van der Waals surface area contributed by atoms with Crippen LogP contribution in [0.3, 0.4) is 0 Å². The smallest absolute Gasteiger partial charge is 0.166 e. The second kappa shape index (κ2) is 8.96. The van der Waals surface area contributed by atoms with Crippen molar-refractivity contribution in [2.24, 2.45) is 0 Å². The first kappa shape index (κ1) is 17.8. The van der Waals surface area contributed by atoms with Crippen LogP contribution >= 0.6 is 12.2 Å². The first-order valence-electron chi connectivity index (χ1n) is 7.79. The molecule has 1 aliphatic rings. The fraction of sp³-hybridized carbons (Fsp3) is 0.471. The molecule has 6 heteroatoms. The van der Waals surface area contributed by atoms with Gasteiger partial charge >= 0.3 is 0 Å². The molecule has 126 valence electrons. The highest BCUT2D eigenvalue weighted by atomic mass is 32.1. The standard InChI is InChI=1S/C17H24FN3OS/c1-13(2)11-19-17(23)20-12-16(21-7-9-22-10-8-21)14-3-5-15(18)6-4-14/h3-6,16H,1,7-12H2,2H3,(H2,19,20,23). The lowest BCUT2D eigenvalue weighted by atomic mass is 10.0. The van der Waals surface area contributed by atoms with Crippen molar-refractivity contribution in [2.45, 2.75) is 13.0 Å². The third kappa shape index (κ3) is 5.89. The van der Waals surface area contributed by atoms with E-state index in [2.05, 4.69) is 22.1 Å². The van der Waals surface area contributed by atoms with Crippen molar-refractivity contribution in [3.8, 4) is 0 Å². The van der Waals surface area contributed by atoms with Crippen LogP contribution < -0.4 is 10.6 Å². The lowest BCUT2D eigenvalue weighted by molar-refractivity contribution is 0.0170. The van der Waals surface area contributed by atoms with E-state index in [0.717, 1.165) is 37.4 Å². The molecule has 0 aromatic heterocycles. The van der Waals surface area contributed by atoms with Gasteiger partial charge in [0.2, 0.25) is 0 Å². The van der Waals surface area contributed by atoms with Crippen LogP contribution in [-0.4, -0.2) is 49.4 Å². The molecule has 0 bridgehead atoms. The molecule has 0 radical (unpaired) electrons. The highest BCUT2D eigenvalue weighted by molar-refractivity contribution is 7.80. The zero-order valence-electron chi connectivity index (χ0n) is 13.5. The largest absolute Gasteiger partial charge is 0.379 e. The van der Waals surface area contributed by atoms with Crippen LogP contribution in [0.5, 0.6) is 0 Å². The Balaban J connectivity index is 1.99. The summed E-state index contributed by atoms with van der Waals surface area (Å²) < 4.78 is 18.6. The molecule has 1 unspecified atom stereocenters. The van der Waals surface area contributed by atoms with Gasteiger partial charge in [-0.1, -0.05) is 24.3 Å². The third-order valence-corrected chi connectivity index (χ3v) is 4.04. The molecular weight excluding hydrogens is 313 g/mol. The summed E-state index contributed by atoms with van der Waals surface area (Å²) in [5.41, 5.74) is 2.10. The quantitative estimate of drug-likeness (QED) is 0.615. The van der Waals surface area contributed by atoms with E-state index in [-0.39, 0.29) is 11.9 Å². The molecule has 1 aromatic carbocycles. The zero-order valence-corrected chi connectivity index (χ0v) is 14.3. The number of hydrogen-bond acceptors (Lipinski definition) is 3. The molecule has 1 fully saturated rings. The molecule has 2 rings (SSSR count). The van der Waals surface area contributed by atoms with Gasteiger partial charge in [0.1, 0.15) is 5.82 Å². The van der Waals surface area contributed by atoms with Gasteiger partial charge in [0.15, 0.2) is 5.11 Å². The summed E-state index contributed by atoms with van der Waals surface area (Å²) in [6.45, 7) is 10.3. The van der Waals surface area contributed by atoms with E-state index in [9.17, 15) is 4.39 Å². The van der Waals surface area contributed by atoms with Crippen LogP contribution in [0, 0.1) is 5.82 Å². The van der Waals surface area contributed by atoms with Crippen LogP contribution in [0.4, 0.5) is 4.39 Å². The SMILES string of the molecule is C=C(C)CNC(=S)NCC(c1ccc(F)cc1)N1CCOCC1. The maximum absolute atomic E-state index is 13.2. The lowest BCUT2D eigenvalue weighted by Gasteiger charge is -2.35. The number of morpholine rings is 1. The molecule has 2 N–H and O–H groups in total. The highest BCUT2D eigenvalue weighted by Gasteiger charge is 2.22. The van der Waals surface area contributed by atoms with Crippen molar-refractivity contribution in [1.82, 2.24) is 15.5 Å². The second-order valence-electron chi connectivity index (χ2n) is 5.74. The summed E-state index contributed by atoms with van der Waals surface area (Å²) in [5.74, 6) is -0.221. The Morgan fingerprint density at radius 1 is 1.30 bits per heavy atom. The van der Waals surface area contributed by atoms with Crippen LogP contribution in [0.25, 0.3) is 0 Å². The van der Waals surface area contributed by atoms with Crippen molar-refractivity contribution in [3.05, 3.63) is 47.8 Å². The van der Waals surface area contributed by atoms with Gasteiger partial charge in [-0.25, -0.2) is 4.39 Å². The summed E-state index contributed by atoms with van der Waals surface area (Å²) in [6, 6.07) is 6.80. The molecule has 1 saturated heterocycles. The predicted molar refractivity (Wildman–Crippen MR) is 95.0 cm³/mol. The summed E-state index contributed by atoms with van der Waals surface area (Å²) in [6.07, 6.45) is 0. The highest BCUT2D eigenvalue weighted by Crippen LogP contribution is 2.21. The second-order valence-corrected chi connectivity index (χ2v) is 6.14. The van der Waals surface area contributed by atoms with E-state index in [1.807, 2.05) is 19.1 Å². The van der Waals surface area contributed by atoms with Gasteiger partial charge in [-0.2, -0.15) is 0 Å². The molecule has 1 atom stereocenters. The molecule has 0 spiro atoms. The van der Waals surface area contributed by atoms with E-state index in [1.165, 1.54) is 12.1 Å². The van der Waals surface area contributed by atoms with Crippen molar-refractivity contribution in [1.29, 1.82) is 0 Å². The van der Waals surface area contributed by atoms with Gasteiger partial charge in [0.25, 0.3) is 0 Å². The van der Waals surface area contributed by atoms with Gasteiger partial charge in [-0.05, 0) is 36.8 Å². The third-order valence-electron chi connectivity index (χ3n) is 3.75. The van der Waals surface area contributed by atoms with Gasteiger partial charge in [0, 0.05) is 26.2 Å². The number of thiocarbonyl (C=S) groups is 1. The molecule has 4 nitrogen and oxygen atoms in total. The van der Waals surface area contributed by atoms with Crippen LogP contribution in [0.2, 0.25) is 0 Å². The summed E-state index contributed by atoms with van der Waals surface area (Å²) >= 11 is 5.30. The van der Waals surface area contributed by atoms with Gasteiger partial charge in [-0.15, -0.1) is 0 Å². The summed E-state index contributed by atoms with van der Waals surface area (Å²) in [7, 11) is 0. The minimum absolute atomic E-state index is 0.129. The normalized spacial score (nSPS) is 16.6. The number of nitrogens with one attached hydrogen (secondary N) is 2. The molecule has 1 aromatic rings. The molecule has 1 heterocycles. The van der Waals surface area contributed by atoms with Crippen molar-refractivity contribution >= 4 is 17.3 Å². The Hall–Kier alpha value is -1.50. The maximum Gasteiger partial charge on any atom is 0.166 e. The Kier molecular flexibility index (Phi) is 6.95. The van der Waals surface area contributed by atoms with Gasteiger partial charge in [0.05, 0.1) is 19.3 Å². The molecular formula is C17H24FN3OS. The molecule has 0 amide bonds. The molecule has 0 saturated carbocycles. The average Bonchev–Trinajstić information content (AvgIpc) is 2.55. The van der Waals surface area contributed by atoms with Crippen molar-refractivity contribution < 1.29 is 9.13 Å². The number of ether oxygens (including phenoxy) is 1.